The number of hydrogen-bond donors (Lipinski definition) is 4. The molecule has 10 heteroatoms. The van der Waals surface area contributed by atoms with E-state index in [1.54, 1.807) is 42.1 Å². The van der Waals surface area contributed by atoms with Crippen LogP contribution in [-0.4, -0.2) is 27.9 Å². The third-order valence-corrected chi connectivity index (χ3v) is 5.77. The Bertz CT molecular complexity index is 1180. The summed E-state index contributed by atoms with van der Waals surface area (Å²) in [5.41, 5.74) is 6.20. The maximum Gasteiger partial charge on any atom is 0.319 e. The normalized spacial score (nSPS) is 15.7. The van der Waals surface area contributed by atoms with Gasteiger partial charge in [-0.1, -0.05) is 41.6 Å². The third kappa shape index (κ3) is 4.58. The van der Waals surface area contributed by atoms with Crippen LogP contribution < -0.4 is 21.4 Å². The van der Waals surface area contributed by atoms with Gasteiger partial charge in [-0.3, -0.25) is 10.2 Å². The molecule has 4 rings (SSSR count). The second-order valence-electron chi connectivity index (χ2n) is 7.01. The summed E-state index contributed by atoms with van der Waals surface area (Å²) in [6.07, 6.45) is 3.56. The number of carbonyl (C=O) groups excluding carboxylic acids is 2. The number of amides is 3. The van der Waals surface area contributed by atoms with Gasteiger partial charge in [0.25, 0.3) is 5.91 Å². The molecule has 2 aromatic carbocycles. The van der Waals surface area contributed by atoms with Crippen LogP contribution in [0.5, 0.6) is 0 Å². The van der Waals surface area contributed by atoms with Crippen LogP contribution in [0.25, 0.3) is 0 Å². The fourth-order valence-electron chi connectivity index (χ4n) is 3.40. The zero-order valence-electron chi connectivity index (χ0n) is 17.3. The van der Waals surface area contributed by atoms with Crippen molar-refractivity contribution in [2.45, 2.75) is 18.1 Å². The number of hydrogen-bond acceptors (Lipinski definition) is 5. The highest BCUT2D eigenvalue weighted by atomic mass is 35.5. The summed E-state index contributed by atoms with van der Waals surface area (Å²) in [7, 11) is 0. The predicted molar refractivity (Wildman–Crippen MR) is 127 cm³/mol. The number of thioether (sulfide) groups is 1. The second kappa shape index (κ2) is 9.37. The summed E-state index contributed by atoms with van der Waals surface area (Å²) in [4.78, 5) is 30.0. The van der Waals surface area contributed by atoms with E-state index in [2.05, 4.69) is 26.4 Å². The van der Waals surface area contributed by atoms with Crippen molar-refractivity contribution in [2.24, 2.45) is 0 Å². The van der Waals surface area contributed by atoms with E-state index in [4.69, 9.17) is 11.6 Å². The van der Waals surface area contributed by atoms with Gasteiger partial charge in [0.15, 0.2) is 5.16 Å². The summed E-state index contributed by atoms with van der Waals surface area (Å²) in [5.74, 6) is -0.347. The van der Waals surface area contributed by atoms with Crippen molar-refractivity contribution >= 4 is 46.7 Å². The number of carbonyl (C=O) groups is 2. The van der Waals surface area contributed by atoms with E-state index in [9.17, 15) is 9.59 Å². The van der Waals surface area contributed by atoms with Crippen molar-refractivity contribution in [2.75, 3.05) is 17.0 Å². The van der Waals surface area contributed by atoms with E-state index in [1.807, 2.05) is 36.6 Å². The molecule has 164 valence electrons. The van der Waals surface area contributed by atoms with Gasteiger partial charge in [-0.05, 0) is 49.6 Å². The quantitative estimate of drug-likeness (QED) is 0.402. The lowest BCUT2D eigenvalue weighted by molar-refractivity contribution is -0.113. The van der Waals surface area contributed by atoms with Gasteiger partial charge in [-0.15, -0.1) is 0 Å². The lowest BCUT2D eigenvalue weighted by atomic mass is 9.99. The Kier molecular flexibility index (Phi) is 6.38. The molecule has 32 heavy (non-hydrogen) atoms. The molecule has 0 radical (unpaired) electrons. The smallest absolute Gasteiger partial charge is 0.319 e. The predicted octanol–water partition coefficient (Wildman–Crippen LogP) is 4.40. The average Bonchev–Trinajstić information content (AvgIpc) is 3.17. The topological polar surface area (TPSA) is 100 Å². The van der Waals surface area contributed by atoms with Gasteiger partial charge in [0.1, 0.15) is 6.04 Å². The molecule has 1 atom stereocenters. The zero-order valence-corrected chi connectivity index (χ0v) is 18.9. The van der Waals surface area contributed by atoms with Crippen molar-refractivity contribution in [1.82, 2.24) is 20.3 Å². The van der Waals surface area contributed by atoms with Crippen molar-refractivity contribution in [3.8, 4) is 0 Å². The Morgan fingerprint density at radius 2 is 1.84 bits per heavy atom. The molecule has 1 unspecified atom stereocenters. The third-order valence-electron chi connectivity index (χ3n) is 4.87. The zero-order chi connectivity index (χ0) is 22.7. The Morgan fingerprint density at radius 1 is 1.12 bits per heavy atom. The van der Waals surface area contributed by atoms with E-state index < -0.39 is 12.1 Å². The van der Waals surface area contributed by atoms with Crippen LogP contribution >= 0.6 is 23.4 Å². The molecule has 0 fully saturated rings. The minimum atomic E-state index is -0.722. The summed E-state index contributed by atoms with van der Waals surface area (Å²) >= 11 is 7.39. The Morgan fingerprint density at radius 3 is 2.53 bits per heavy atom. The van der Waals surface area contributed by atoms with Crippen LogP contribution in [-0.2, 0) is 4.79 Å². The van der Waals surface area contributed by atoms with Gasteiger partial charge in [-0.25, -0.2) is 14.5 Å². The van der Waals surface area contributed by atoms with Crippen LogP contribution in [0, 0.1) is 0 Å². The molecule has 1 aliphatic heterocycles. The van der Waals surface area contributed by atoms with Crippen LogP contribution in [0.3, 0.4) is 0 Å². The number of para-hydroxylation sites is 1. The number of anilines is 2. The fraction of sp³-hybridized carbons (Fsp3) is 0.136. The minimum absolute atomic E-state index is 0.347. The first-order valence-corrected chi connectivity index (χ1v) is 11.4. The van der Waals surface area contributed by atoms with Crippen molar-refractivity contribution in [3.63, 3.8) is 0 Å². The van der Waals surface area contributed by atoms with Gasteiger partial charge in [-0.2, -0.15) is 0 Å². The van der Waals surface area contributed by atoms with Gasteiger partial charge >= 0.3 is 6.03 Å². The molecule has 1 aliphatic rings. The molecule has 0 saturated heterocycles. The molecule has 0 aliphatic carbocycles. The fourth-order valence-corrected chi connectivity index (χ4v) is 4.02. The maximum atomic E-state index is 13.3. The van der Waals surface area contributed by atoms with Crippen LogP contribution in [0.15, 0.2) is 77.2 Å². The second-order valence-corrected chi connectivity index (χ2v) is 8.22. The summed E-state index contributed by atoms with van der Waals surface area (Å²) in [6.45, 7) is 1.70. The molecule has 4 N–H and O–H groups in total. The standard InChI is InChI=1S/C22H21ClN6O2S/c1-13-18(20(30)26-15-10-8-14(23)9-11-15)19(27-21(31)25-13)17-12-24-22(32-2)29(17)28-16-6-4-3-5-7-16/h3-12,19,28H,1-2H3,(H,26,30)(H2,25,27,31). The maximum absolute atomic E-state index is 13.3. The lowest BCUT2D eigenvalue weighted by Gasteiger charge is -2.29. The first kappa shape index (κ1) is 21.8. The van der Waals surface area contributed by atoms with Crippen LogP contribution in [0.1, 0.15) is 18.7 Å². The highest BCUT2D eigenvalue weighted by molar-refractivity contribution is 7.98. The highest BCUT2D eigenvalue weighted by Crippen LogP contribution is 2.30. The Balaban J connectivity index is 1.71. The number of aromatic nitrogens is 2. The molecular weight excluding hydrogens is 448 g/mol. The van der Waals surface area contributed by atoms with E-state index >= 15 is 0 Å². The summed E-state index contributed by atoms with van der Waals surface area (Å²) in [5, 5.41) is 9.67. The van der Waals surface area contributed by atoms with Crippen LogP contribution in [0.4, 0.5) is 16.2 Å². The SMILES string of the molecule is CSc1ncc(C2NC(=O)NC(C)=C2C(=O)Nc2ccc(Cl)cc2)n1Nc1ccccc1. The van der Waals surface area contributed by atoms with Gasteiger partial charge in [0, 0.05) is 16.4 Å². The molecular formula is C22H21ClN6O2S. The molecule has 1 aromatic heterocycles. The molecule has 2 heterocycles. The molecule has 0 bridgehead atoms. The number of nitrogens with zero attached hydrogens (tertiary/aromatic N) is 2. The number of rotatable bonds is 6. The minimum Gasteiger partial charge on any atom is -0.325 e. The van der Waals surface area contributed by atoms with Gasteiger partial charge in [0.05, 0.1) is 23.2 Å². The summed E-state index contributed by atoms with van der Waals surface area (Å²) in [6, 6.07) is 15.3. The van der Waals surface area contributed by atoms with E-state index in [-0.39, 0.29) is 5.91 Å². The first-order valence-electron chi connectivity index (χ1n) is 9.75. The monoisotopic (exact) mass is 468 g/mol. The number of nitrogens with one attached hydrogen (secondary N) is 4. The number of allylic oxidation sites excluding steroid dienone is 1. The molecule has 8 nitrogen and oxygen atoms in total. The molecule has 3 aromatic rings. The van der Waals surface area contributed by atoms with Gasteiger partial charge < -0.3 is 16.0 Å². The summed E-state index contributed by atoms with van der Waals surface area (Å²) < 4.78 is 1.78. The van der Waals surface area contributed by atoms with Gasteiger partial charge in [0.2, 0.25) is 0 Å². The van der Waals surface area contributed by atoms with E-state index in [1.165, 1.54) is 11.8 Å². The van der Waals surface area contributed by atoms with Crippen molar-refractivity contribution in [1.29, 1.82) is 0 Å². The number of benzene rings is 2. The largest absolute Gasteiger partial charge is 0.325 e. The average molecular weight is 469 g/mol. The lowest BCUT2D eigenvalue weighted by Crippen LogP contribution is -2.46. The highest BCUT2D eigenvalue weighted by Gasteiger charge is 2.34. The molecule has 0 saturated carbocycles. The number of halogens is 1. The van der Waals surface area contributed by atoms with E-state index in [0.29, 0.717) is 32.8 Å². The molecule has 3 amide bonds. The Labute approximate surface area is 194 Å². The number of imidazole rings is 1. The Hall–Kier alpha value is -3.43. The van der Waals surface area contributed by atoms with Crippen LogP contribution in [0.2, 0.25) is 5.02 Å². The molecule has 0 spiro atoms. The number of urea groups is 1. The van der Waals surface area contributed by atoms with E-state index in [0.717, 1.165) is 5.69 Å². The first-order chi connectivity index (χ1) is 15.5. The van der Waals surface area contributed by atoms with Crippen molar-refractivity contribution in [3.05, 3.63) is 82.8 Å². The van der Waals surface area contributed by atoms with Crippen molar-refractivity contribution < 1.29 is 9.59 Å².